The van der Waals surface area contributed by atoms with Crippen molar-refractivity contribution in [1.29, 1.82) is 0 Å². The van der Waals surface area contributed by atoms with E-state index < -0.39 is 44.4 Å². The molecule has 0 spiro atoms. The van der Waals surface area contributed by atoms with Gasteiger partial charge in [0.2, 0.25) is 23.6 Å². The Hall–Kier alpha value is -7.28. The molecule has 4 fully saturated rings. The average Bonchev–Trinajstić information content (AvgIpc) is 1.15. The number of amides is 4. The van der Waals surface area contributed by atoms with Crippen LogP contribution in [0.15, 0.2) is 143 Å². The molecule has 2 aliphatic carbocycles. The molecule has 504 valence electrons. The van der Waals surface area contributed by atoms with E-state index in [9.17, 15) is 36.0 Å². The summed E-state index contributed by atoms with van der Waals surface area (Å²) in [5.74, 6) is 0.236. The molecule has 6 heterocycles. The highest BCUT2D eigenvalue weighted by Crippen LogP contribution is 2.39. The minimum Gasteiger partial charge on any atom is -0.379 e. The van der Waals surface area contributed by atoms with Crippen LogP contribution in [-0.2, 0) is 74.6 Å². The fourth-order valence-corrected chi connectivity index (χ4v) is 15.0. The van der Waals surface area contributed by atoms with Crippen molar-refractivity contribution in [3.63, 3.8) is 0 Å². The van der Waals surface area contributed by atoms with E-state index in [1.54, 1.807) is 36.4 Å². The predicted octanol–water partition coefficient (Wildman–Crippen LogP) is 8.32. The summed E-state index contributed by atoms with van der Waals surface area (Å²) in [5.41, 5.74) is 11.0. The Morgan fingerprint density at radius 3 is 1.06 bits per heavy atom. The molecule has 0 saturated carbocycles. The summed E-state index contributed by atoms with van der Waals surface area (Å²) in [6.45, 7) is 23.7. The van der Waals surface area contributed by atoms with Crippen LogP contribution in [-0.4, -0.2) is 169 Å². The maximum Gasteiger partial charge on any atom is 0.294 e. The molecule has 4 saturated heterocycles. The highest BCUT2D eigenvalue weighted by Gasteiger charge is 2.51. The van der Waals surface area contributed by atoms with Crippen molar-refractivity contribution >= 4 is 43.9 Å². The van der Waals surface area contributed by atoms with E-state index in [0.29, 0.717) is 39.5 Å². The van der Waals surface area contributed by atoms with E-state index >= 15 is 0 Å². The first kappa shape index (κ1) is 71.0. The molecule has 94 heavy (non-hydrogen) atoms. The van der Waals surface area contributed by atoms with Crippen LogP contribution in [0.2, 0.25) is 0 Å². The van der Waals surface area contributed by atoms with Gasteiger partial charge in [0.1, 0.15) is 24.2 Å². The number of carbonyl (C=O) groups is 4. The lowest BCUT2D eigenvalue weighted by Crippen LogP contribution is -2.68. The molecule has 20 nitrogen and oxygen atoms in total. The van der Waals surface area contributed by atoms with Gasteiger partial charge in [-0.1, -0.05) is 138 Å². The fourth-order valence-electron chi connectivity index (χ4n) is 14.0. The number of benzene rings is 4. The first-order chi connectivity index (χ1) is 44.9. The number of pyridine rings is 2. The first-order valence-electron chi connectivity index (χ1n) is 32.9. The van der Waals surface area contributed by atoms with Crippen molar-refractivity contribution in [3.05, 3.63) is 190 Å². The zero-order valence-electron chi connectivity index (χ0n) is 55.3. The van der Waals surface area contributed by atoms with Gasteiger partial charge in [-0.3, -0.25) is 48.1 Å². The van der Waals surface area contributed by atoms with Crippen molar-refractivity contribution in [2.45, 2.75) is 140 Å². The van der Waals surface area contributed by atoms with Gasteiger partial charge in [0, 0.05) is 62.0 Å². The number of nitrogens with zero attached hydrogens (tertiary/aromatic N) is 6. The quantitative estimate of drug-likeness (QED) is 0.0664. The van der Waals surface area contributed by atoms with Gasteiger partial charge >= 0.3 is 0 Å². The molecule has 6 aromatic rings. The second kappa shape index (κ2) is 32.0. The van der Waals surface area contributed by atoms with Gasteiger partial charge in [-0.2, -0.15) is 16.8 Å². The van der Waals surface area contributed by atoms with Crippen LogP contribution < -0.4 is 10.6 Å². The number of fused-ring (bicyclic) bond motifs is 2. The molecule has 4 aromatic carbocycles. The Morgan fingerprint density at radius 2 is 0.787 bits per heavy atom. The average molecular weight is 1330 g/mol. The van der Waals surface area contributed by atoms with Crippen molar-refractivity contribution in [2.75, 3.05) is 65.7 Å². The summed E-state index contributed by atoms with van der Waals surface area (Å²) in [4.78, 5) is 74.7. The van der Waals surface area contributed by atoms with E-state index in [1.807, 2.05) is 49.6 Å². The van der Waals surface area contributed by atoms with Crippen LogP contribution in [0.1, 0.15) is 109 Å². The van der Waals surface area contributed by atoms with E-state index in [-0.39, 0.29) is 69.2 Å². The van der Waals surface area contributed by atoms with Crippen LogP contribution in [0, 0.1) is 51.4 Å². The van der Waals surface area contributed by atoms with Crippen LogP contribution >= 0.6 is 0 Å². The number of carbonyl (C=O) groups excluding carboxylic acids is 4. The summed E-state index contributed by atoms with van der Waals surface area (Å²) in [6, 6.07) is 37.3. The Morgan fingerprint density at radius 1 is 0.479 bits per heavy atom. The minimum atomic E-state index is -4.00. The summed E-state index contributed by atoms with van der Waals surface area (Å²) in [5, 5.41) is 6.39. The standard InChI is InChI=1S/2C30H40N4O3.2C6H6O3S/c2*1-5-19(2)28-29(35)32-27(24-16-22-8-6-7-9-23(22)17-24)30(36)34(28)26(18-33-12-14-37-15-13-33)25-11-10-20(3)31-21(25)4;2*7-10(8,9)6-4-2-1-3-5-6/h2*6-11,19,24,26-28H,5,12-18H2,1-4H3,(H,32,35);2*1-5H,(H,7,8,9)/t2*19-,26-,27?,28+;;/m00../s1. The second-order valence-corrected chi connectivity index (χ2v) is 28.5. The molecule has 4 amide bonds. The number of aromatic nitrogens is 2. The third-order valence-corrected chi connectivity index (χ3v) is 21.1. The molecular formula is C72H92N8O12S2. The van der Waals surface area contributed by atoms with Crippen molar-refractivity contribution < 1.29 is 54.6 Å². The lowest BCUT2D eigenvalue weighted by molar-refractivity contribution is -0.157. The number of rotatable bonds is 16. The Bertz CT molecular complexity index is 3520. The number of hydrogen-bond donors (Lipinski definition) is 4. The molecule has 0 bridgehead atoms. The van der Waals surface area contributed by atoms with E-state index in [4.69, 9.17) is 28.5 Å². The molecule has 4 N–H and O–H groups in total. The molecule has 12 rings (SSSR count). The fraction of sp³-hybridized carbons (Fsp3) is 0.472. The van der Waals surface area contributed by atoms with Crippen LogP contribution in [0.5, 0.6) is 0 Å². The highest BCUT2D eigenvalue weighted by atomic mass is 32.2. The predicted molar refractivity (Wildman–Crippen MR) is 359 cm³/mol. The molecule has 6 aliphatic rings. The SMILES string of the molecule is CC[C@H](C)[C@@H]1C(=O)NC(C2Cc3ccccc3C2)C(=O)N1[C@@H](CN1CCOCC1)c1ccc(C)nc1C.CC[C@H](C)[C@@H]1C(=O)NC(C2Cc3ccccc3C2)C(=O)N1[C@@H](CN1CCOCC1)c1ccc(C)nc1C.O=S(=O)(O)c1ccccc1.O=S(=O)(O)c1ccccc1. The molecule has 8 atom stereocenters. The summed E-state index contributed by atoms with van der Waals surface area (Å²) in [7, 11) is -8.01. The normalized spacial score (nSPS) is 21.8. The maximum atomic E-state index is 14.5. The first-order valence-corrected chi connectivity index (χ1v) is 35.8. The third kappa shape index (κ3) is 17.4. The zero-order chi connectivity index (χ0) is 67.4. The molecule has 2 aromatic heterocycles. The number of nitrogens with one attached hydrogen (secondary N) is 2. The van der Waals surface area contributed by atoms with Gasteiger partial charge in [0.05, 0.1) is 48.3 Å². The smallest absolute Gasteiger partial charge is 0.294 e. The van der Waals surface area contributed by atoms with Crippen molar-refractivity contribution in [1.82, 2.24) is 40.2 Å². The molecule has 2 unspecified atom stereocenters. The van der Waals surface area contributed by atoms with E-state index in [0.717, 1.165) is 98.6 Å². The minimum absolute atomic E-state index is 0.0281. The van der Waals surface area contributed by atoms with E-state index in [2.05, 4.69) is 109 Å². The number of piperazine rings is 2. The van der Waals surface area contributed by atoms with Gasteiger partial charge in [-0.25, -0.2) is 0 Å². The van der Waals surface area contributed by atoms with Crippen LogP contribution in [0.3, 0.4) is 0 Å². The van der Waals surface area contributed by atoms with Crippen molar-refractivity contribution in [2.24, 2.45) is 23.7 Å². The lowest BCUT2D eigenvalue weighted by Gasteiger charge is -2.48. The van der Waals surface area contributed by atoms with Gasteiger partial charge in [0.15, 0.2) is 0 Å². The third-order valence-electron chi connectivity index (χ3n) is 19.3. The van der Waals surface area contributed by atoms with Gasteiger partial charge < -0.3 is 29.9 Å². The summed E-state index contributed by atoms with van der Waals surface area (Å²) >= 11 is 0. The highest BCUT2D eigenvalue weighted by molar-refractivity contribution is 7.86. The second-order valence-electron chi connectivity index (χ2n) is 25.7. The number of morpholine rings is 2. The van der Waals surface area contributed by atoms with Crippen LogP contribution in [0.25, 0.3) is 0 Å². The number of hydrogen-bond acceptors (Lipinski definition) is 14. The van der Waals surface area contributed by atoms with Gasteiger partial charge in [-0.15, -0.1) is 0 Å². The summed E-state index contributed by atoms with van der Waals surface area (Å²) in [6.07, 6.45) is 4.89. The Balaban J connectivity index is 0.000000171. The number of ether oxygens (including phenoxy) is 2. The largest absolute Gasteiger partial charge is 0.379 e. The topological polar surface area (TPSA) is 258 Å². The van der Waals surface area contributed by atoms with Gasteiger partial charge in [-0.05, 0) is 147 Å². The van der Waals surface area contributed by atoms with Gasteiger partial charge in [0.25, 0.3) is 20.2 Å². The molecular weight excluding hydrogens is 1230 g/mol. The Labute approximate surface area is 554 Å². The van der Waals surface area contributed by atoms with Crippen LogP contribution in [0.4, 0.5) is 0 Å². The van der Waals surface area contributed by atoms with E-state index in [1.165, 1.54) is 46.5 Å². The van der Waals surface area contributed by atoms with Crippen molar-refractivity contribution in [3.8, 4) is 0 Å². The molecule has 22 heteroatoms. The zero-order valence-corrected chi connectivity index (χ0v) is 56.9. The maximum absolute atomic E-state index is 14.5. The number of aryl methyl sites for hydroxylation is 4. The Kier molecular flexibility index (Phi) is 24.2. The molecule has 4 aliphatic heterocycles. The monoisotopic (exact) mass is 1320 g/mol. The molecule has 0 radical (unpaired) electrons. The lowest BCUT2D eigenvalue weighted by atomic mass is 9.85. The summed E-state index contributed by atoms with van der Waals surface area (Å²) < 4.78 is 69.7.